The van der Waals surface area contributed by atoms with Crippen LogP contribution < -0.4 is 4.90 Å². The number of aromatic hydroxyl groups is 1. The molecule has 1 fully saturated rings. The van der Waals surface area contributed by atoms with E-state index in [1.54, 1.807) is 12.1 Å². The molecule has 2 aromatic rings. The highest BCUT2D eigenvalue weighted by Crippen LogP contribution is 2.24. The smallest absolute Gasteiger partial charge is 0.233 e. The molecular weight excluding hydrogens is 292 g/mol. The van der Waals surface area contributed by atoms with Crippen LogP contribution in [0, 0.1) is 6.92 Å². The van der Waals surface area contributed by atoms with Crippen LogP contribution in [0.1, 0.15) is 24.4 Å². The van der Waals surface area contributed by atoms with Crippen molar-refractivity contribution in [3.05, 3.63) is 47.9 Å². The molecule has 122 valence electrons. The van der Waals surface area contributed by atoms with Crippen LogP contribution in [-0.2, 0) is 4.79 Å². The lowest BCUT2D eigenvalue weighted by Gasteiger charge is -2.37. The third kappa shape index (κ3) is 3.33. The molecule has 1 aromatic carbocycles. The molecule has 2 heterocycles. The Hall–Kier alpha value is -2.43. The first-order valence-electron chi connectivity index (χ1n) is 7.93. The molecule has 5 nitrogen and oxygen atoms in total. The number of amides is 1. The van der Waals surface area contributed by atoms with E-state index in [2.05, 4.69) is 4.90 Å². The number of phenols is 1. The zero-order valence-corrected chi connectivity index (χ0v) is 13.5. The second-order valence-corrected chi connectivity index (χ2v) is 6.00. The minimum Gasteiger partial charge on any atom is -0.508 e. The Bertz CT molecular complexity index is 687. The number of rotatable bonds is 3. The van der Waals surface area contributed by atoms with Crippen molar-refractivity contribution in [2.75, 3.05) is 31.1 Å². The number of hydrogen-bond donors (Lipinski definition) is 1. The molecule has 0 spiro atoms. The number of nitrogens with zero attached hydrogens (tertiary/aromatic N) is 2. The molecule has 0 bridgehead atoms. The Labute approximate surface area is 136 Å². The fourth-order valence-corrected chi connectivity index (χ4v) is 2.96. The van der Waals surface area contributed by atoms with Crippen molar-refractivity contribution in [1.29, 1.82) is 0 Å². The van der Waals surface area contributed by atoms with Crippen LogP contribution in [-0.4, -0.2) is 42.1 Å². The largest absolute Gasteiger partial charge is 0.508 e. The van der Waals surface area contributed by atoms with Gasteiger partial charge in [-0.1, -0.05) is 6.07 Å². The molecule has 5 heteroatoms. The highest BCUT2D eigenvalue weighted by atomic mass is 16.3. The number of carbonyl (C=O) groups excluding carboxylic acids is 1. The second kappa shape index (κ2) is 6.36. The van der Waals surface area contributed by atoms with Gasteiger partial charge in [0.1, 0.15) is 17.3 Å². The van der Waals surface area contributed by atoms with Gasteiger partial charge in [-0.15, -0.1) is 0 Å². The minimum absolute atomic E-state index is 0.106. The minimum atomic E-state index is -0.254. The average Bonchev–Trinajstić information content (AvgIpc) is 3.00. The van der Waals surface area contributed by atoms with Gasteiger partial charge < -0.3 is 19.3 Å². The summed E-state index contributed by atoms with van der Waals surface area (Å²) in [6, 6.07) is 11.0. The third-order valence-corrected chi connectivity index (χ3v) is 4.34. The third-order valence-electron chi connectivity index (χ3n) is 4.34. The second-order valence-electron chi connectivity index (χ2n) is 6.00. The SMILES string of the molecule is Cc1ccc(C(C)C(=O)N2CCN(c3cccc(O)c3)CC2)o1. The van der Waals surface area contributed by atoms with E-state index < -0.39 is 0 Å². The quantitative estimate of drug-likeness (QED) is 0.946. The number of piperazine rings is 1. The number of carbonyl (C=O) groups is 1. The van der Waals surface area contributed by atoms with Crippen molar-refractivity contribution < 1.29 is 14.3 Å². The van der Waals surface area contributed by atoms with E-state index in [4.69, 9.17) is 4.42 Å². The van der Waals surface area contributed by atoms with Crippen LogP contribution in [0.2, 0.25) is 0 Å². The van der Waals surface area contributed by atoms with Crippen molar-refractivity contribution in [1.82, 2.24) is 4.90 Å². The van der Waals surface area contributed by atoms with E-state index >= 15 is 0 Å². The zero-order chi connectivity index (χ0) is 16.4. The Balaban J connectivity index is 1.61. The lowest BCUT2D eigenvalue weighted by Crippen LogP contribution is -2.49. The lowest BCUT2D eigenvalue weighted by atomic mass is 10.1. The molecule has 0 aliphatic carbocycles. The standard InChI is InChI=1S/C18H22N2O3/c1-13-6-7-17(23-13)14(2)18(22)20-10-8-19(9-11-20)15-4-3-5-16(21)12-15/h3-7,12,14,21H,8-11H2,1-2H3. The molecule has 1 aromatic heterocycles. The van der Waals surface area contributed by atoms with Crippen LogP contribution in [0.25, 0.3) is 0 Å². The van der Waals surface area contributed by atoms with E-state index in [0.717, 1.165) is 30.3 Å². The average molecular weight is 314 g/mol. The summed E-state index contributed by atoms with van der Waals surface area (Å²) < 4.78 is 5.58. The Morgan fingerprint density at radius 1 is 1.17 bits per heavy atom. The van der Waals surface area contributed by atoms with E-state index in [9.17, 15) is 9.90 Å². The Morgan fingerprint density at radius 2 is 1.91 bits per heavy atom. The van der Waals surface area contributed by atoms with Gasteiger partial charge in [-0.3, -0.25) is 4.79 Å². The molecule has 1 N–H and O–H groups in total. The van der Waals surface area contributed by atoms with Crippen molar-refractivity contribution in [3.63, 3.8) is 0 Å². The fourth-order valence-electron chi connectivity index (χ4n) is 2.96. The Morgan fingerprint density at radius 3 is 2.52 bits per heavy atom. The number of hydrogen-bond acceptors (Lipinski definition) is 4. The molecule has 1 atom stereocenters. The maximum atomic E-state index is 12.6. The van der Waals surface area contributed by atoms with E-state index in [1.165, 1.54) is 0 Å². The van der Waals surface area contributed by atoms with E-state index in [-0.39, 0.29) is 17.6 Å². The molecule has 0 saturated carbocycles. The number of benzene rings is 1. The van der Waals surface area contributed by atoms with Gasteiger partial charge in [0, 0.05) is 37.9 Å². The molecule has 1 aliphatic rings. The highest BCUT2D eigenvalue weighted by molar-refractivity contribution is 5.83. The summed E-state index contributed by atoms with van der Waals surface area (Å²) >= 11 is 0. The summed E-state index contributed by atoms with van der Waals surface area (Å²) in [6.07, 6.45) is 0. The molecule has 1 unspecified atom stereocenters. The van der Waals surface area contributed by atoms with Gasteiger partial charge in [-0.25, -0.2) is 0 Å². The molecule has 0 radical (unpaired) electrons. The maximum Gasteiger partial charge on any atom is 0.233 e. The summed E-state index contributed by atoms with van der Waals surface area (Å²) in [4.78, 5) is 16.7. The van der Waals surface area contributed by atoms with Crippen molar-refractivity contribution in [2.45, 2.75) is 19.8 Å². The van der Waals surface area contributed by atoms with Gasteiger partial charge in [0.15, 0.2) is 0 Å². The number of phenolic OH excluding ortho intramolecular Hbond substituents is 1. The summed E-state index contributed by atoms with van der Waals surface area (Å²) in [5, 5.41) is 9.58. The monoisotopic (exact) mass is 314 g/mol. The predicted molar refractivity (Wildman–Crippen MR) is 88.8 cm³/mol. The van der Waals surface area contributed by atoms with Gasteiger partial charge >= 0.3 is 0 Å². The molecular formula is C18H22N2O3. The van der Waals surface area contributed by atoms with Crippen LogP contribution in [0.15, 0.2) is 40.8 Å². The Kier molecular flexibility index (Phi) is 4.28. The maximum absolute atomic E-state index is 12.6. The van der Waals surface area contributed by atoms with Gasteiger partial charge in [0.05, 0.1) is 5.92 Å². The summed E-state index contributed by atoms with van der Waals surface area (Å²) in [7, 11) is 0. The molecule has 1 amide bonds. The van der Waals surface area contributed by atoms with E-state index in [1.807, 2.05) is 43.0 Å². The fraction of sp³-hybridized carbons (Fsp3) is 0.389. The summed E-state index contributed by atoms with van der Waals surface area (Å²) in [5.41, 5.74) is 0.992. The van der Waals surface area contributed by atoms with Crippen LogP contribution in [0.3, 0.4) is 0 Å². The summed E-state index contributed by atoms with van der Waals surface area (Å²) in [6.45, 7) is 6.66. The first kappa shape index (κ1) is 15.5. The molecule has 3 rings (SSSR count). The van der Waals surface area contributed by atoms with Gasteiger partial charge in [0.2, 0.25) is 5.91 Å². The first-order chi connectivity index (χ1) is 11.0. The number of furan rings is 1. The predicted octanol–water partition coefficient (Wildman–Crippen LogP) is 2.75. The van der Waals surface area contributed by atoms with Gasteiger partial charge in [0.25, 0.3) is 0 Å². The van der Waals surface area contributed by atoms with Crippen molar-refractivity contribution in [2.24, 2.45) is 0 Å². The van der Waals surface area contributed by atoms with Crippen LogP contribution >= 0.6 is 0 Å². The van der Waals surface area contributed by atoms with Crippen molar-refractivity contribution in [3.8, 4) is 5.75 Å². The van der Waals surface area contributed by atoms with Crippen molar-refractivity contribution >= 4 is 11.6 Å². The number of anilines is 1. The van der Waals surface area contributed by atoms with Crippen LogP contribution in [0.5, 0.6) is 5.75 Å². The van der Waals surface area contributed by atoms with Gasteiger partial charge in [-0.05, 0) is 38.1 Å². The number of aryl methyl sites for hydroxylation is 1. The van der Waals surface area contributed by atoms with E-state index in [0.29, 0.717) is 13.1 Å². The summed E-state index contributed by atoms with van der Waals surface area (Å²) in [5.74, 6) is 1.67. The molecule has 1 saturated heterocycles. The first-order valence-corrected chi connectivity index (χ1v) is 7.93. The zero-order valence-electron chi connectivity index (χ0n) is 13.5. The topological polar surface area (TPSA) is 56.9 Å². The van der Waals surface area contributed by atoms with Gasteiger partial charge in [-0.2, -0.15) is 0 Å². The lowest BCUT2D eigenvalue weighted by molar-refractivity contribution is -0.133. The highest BCUT2D eigenvalue weighted by Gasteiger charge is 2.27. The molecule has 23 heavy (non-hydrogen) atoms. The molecule has 1 aliphatic heterocycles. The van der Waals surface area contributed by atoms with Crippen LogP contribution in [0.4, 0.5) is 5.69 Å². The normalized spacial score (nSPS) is 16.4.